The minimum atomic E-state index is -3.00. The first-order valence-corrected chi connectivity index (χ1v) is 8.93. The van der Waals surface area contributed by atoms with E-state index in [4.69, 9.17) is 0 Å². The average molecular weight is 310 g/mol. The molecule has 5 nitrogen and oxygen atoms in total. The van der Waals surface area contributed by atoms with Gasteiger partial charge in [-0.15, -0.1) is 0 Å². The number of carbonyl (C=O) groups is 1. The standard InChI is InChI=1S/C15H22N2O3S/c1-12-5-3-4-6-13(12)16-9-7-14(18)17-15(2)8-10-21(19,20)11-15/h3-6,16H,7-11H2,1-2H3,(H,17,18). The summed E-state index contributed by atoms with van der Waals surface area (Å²) in [7, 11) is -3.00. The number of benzene rings is 1. The van der Waals surface area contributed by atoms with Crippen LogP contribution in [-0.4, -0.2) is 37.9 Å². The zero-order chi connectivity index (χ0) is 15.5. The predicted octanol–water partition coefficient (Wildman–Crippen LogP) is 1.49. The first kappa shape index (κ1) is 15.8. The van der Waals surface area contributed by atoms with Crippen molar-refractivity contribution in [3.8, 4) is 0 Å². The third-order valence-electron chi connectivity index (χ3n) is 3.76. The second kappa shape index (κ2) is 6.05. The normalized spacial score (nSPS) is 23.7. The van der Waals surface area contributed by atoms with E-state index in [0.29, 0.717) is 19.4 Å². The molecule has 21 heavy (non-hydrogen) atoms. The van der Waals surface area contributed by atoms with Crippen LogP contribution in [0.15, 0.2) is 24.3 Å². The number of anilines is 1. The summed E-state index contributed by atoms with van der Waals surface area (Å²) in [6.07, 6.45) is 0.816. The summed E-state index contributed by atoms with van der Waals surface area (Å²) in [6.45, 7) is 4.33. The second-order valence-corrected chi connectivity index (χ2v) is 8.13. The Morgan fingerprint density at radius 2 is 2.05 bits per heavy atom. The number of rotatable bonds is 5. The van der Waals surface area contributed by atoms with Crippen LogP contribution in [-0.2, 0) is 14.6 Å². The van der Waals surface area contributed by atoms with Crippen LogP contribution in [0.2, 0.25) is 0 Å². The quantitative estimate of drug-likeness (QED) is 0.864. The summed E-state index contributed by atoms with van der Waals surface area (Å²) in [5.74, 6) is 0.0815. The lowest BCUT2D eigenvalue weighted by atomic mass is 10.0. The van der Waals surface area contributed by atoms with E-state index >= 15 is 0 Å². The molecule has 116 valence electrons. The molecule has 1 atom stereocenters. The Morgan fingerprint density at radius 1 is 1.33 bits per heavy atom. The Labute approximate surface area is 126 Å². The summed E-state index contributed by atoms with van der Waals surface area (Å²) < 4.78 is 23.0. The molecule has 1 fully saturated rings. The van der Waals surface area contributed by atoms with Crippen LogP contribution in [0.25, 0.3) is 0 Å². The van der Waals surface area contributed by atoms with Crippen molar-refractivity contribution in [1.29, 1.82) is 0 Å². The van der Waals surface area contributed by atoms with Crippen molar-refractivity contribution in [2.45, 2.75) is 32.2 Å². The molecule has 0 aliphatic carbocycles. The zero-order valence-electron chi connectivity index (χ0n) is 12.5. The monoisotopic (exact) mass is 310 g/mol. The number of carbonyl (C=O) groups excluding carboxylic acids is 1. The molecular formula is C15H22N2O3S. The number of hydrogen-bond acceptors (Lipinski definition) is 4. The third-order valence-corrected chi connectivity index (χ3v) is 5.66. The molecular weight excluding hydrogens is 288 g/mol. The molecule has 0 bridgehead atoms. The van der Waals surface area contributed by atoms with E-state index in [1.54, 1.807) is 6.92 Å². The fourth-order valence-corrected chi connectivity index (χ4v) is 4.68. The molecule has 6 heteroatoms. The lowest BCUT2D eigenvalue weighted by Gasteiger charge is -2.24. The van der Waals surface area contributed by atoms with E-state index in [0.717, 1.165) is 11.3 Å². The van der Waals surface area contributed by atoms with E-state index in [9.17, 15) is 13.2 Å². The number of para-hydroxylation sites is 1. The molecule has 1 aromatic rings. The first-order valence-electron chi connectivity index (χ1n) is 7.11. The van der Waals surface area contributed by atoms with Crippen LogP contribution < -0.4 is 10.6 Å². The fourth-order valence-electron chi connectivity index (χ4n) is 2.59. The third kappa shape index (κ3) is 4.46. The van der Waals surface area contributed by atoms with Crippen molar-refractivity contribution in [3.05, 3.63) is 29.8 Å². The highest BCUT2D eigenvalue weighted by Gasteiger charge is 2.39. The minimum absolute atomic E-state index is 0.0387. The lowest BCUT2D eigenvalue weighted by molar-refractivity contribution is -0.122. The van der Waals surface area contributed by atoms with Crippen LogP contribution in [0.3, 0.4) is 0 Å². The van der Waals surface area contributed by atoms with E-state index in [2.05, 4.69) is 10.6 Å². The van der Waals surface area contributed by atoms with Crippen LogP contribution in [0.5, 0.6) is 0 Å². The Kier molecular flexibility index (Phi) is 4.56. The van der Waals surface area contributed by atoms with Gasteiger partial charge in [0.2, 0.25) is 5.91 Å². The van der Waals surface area contributed by atoms with Crippen LogP contribution in [0, 0.1) is 6.92 Å². The van der Waals surface area contributed by atoms with Crippen LogP contribution in [0.1, 0.15) is 25.3 Å². The Bertz CT molecular complexity index is 628. The molecule has 1 aliphatic heterocycles. The second-order valence-electron chi connectivity index (χ2n) is 5.94. The lowest BCUT2D eigenvalue weighted by Crippen LogP contribution is -2.47. The Morgan fingerprint density at radius 3 is 2.67 bits per heavy atom. The maximum Gasteiger partial charge on any atom is 0.222 e. The maximum absolute atomic E-state index is 11.9. The van der Waals surface area contributed by atoms with Gasteiger partial charge in [-0.05, 0) is 31.9 Å². The summed E-state index contributed by atoms with van der Waals surface area (Å²) in [5.41, 5.74) is 1.53. The summed E-state index contributed by atoms with van der Waals surface area (Å²) in [6, 6.07) is 7.89. The zero-order valence-corrected chi connectivity index (χ0v) is 13.3. The highest BCUT2D eigenvalue weighted by molar-refractivity contribution is 7.91. The molecule has 1 heterocycles. The smallest absolute Gasteiger partial charge is 0.222 e. The van der Waals surface area contributed by atoms with Crippen LogP contribution in [0.4, 0.5) is 5.69 Å². The number of nitrogens with one attached hydrogen (secondary N) is 2. The molecule has 1 aromatic carbocycles. The Balaban J connectivity index is 1.80. The van der Waals surface area contributed by atoms with E-state index in [1.165, 1.54) is 0 Å². The van der Waals surface area contributed by atoms with Gasteiger partial charge in [-0.1, -0.05) is 18.2 Å². The van der Waals surface area contributed by atoms with Gasteiger partial charge in [0.05, 0.1) is 17.0 Å². The summed E-state index contributed by atoms with van der Waals surface area (Å²) >= 11 is 0. The topological polar surface area (TPSA) is 75.3 Å². The molecule has 1 aliphatic rings. The predicted molar refractivity (Wildman–Crippen MR) is 84.1 cm³/mol. The average Bonchev–Trinajstić information content (AvgIpc) is 2.65. The number of amides is 1. The molecule has 1 saturated heterocycles. The number of aryl methyl sites for hydroxylation is 1. The van der Waals surface area contributed by atoms with Gasteiger partial charge >= 0.3 is 0 Å². The van der Waals surface area contributed by atoms with E-state index in [-0.39, 0.29) is 17.4 Å². The molecule has 0 saturated carbocycles. The number of sulfone groups is 1. The number of hydrogen-bond donors (Lipinski definition) is 2. The van der Waals surface area contributed by atoms with Gasteiger partial charge in [0.25, 0.3) is 0 Å². The fraction of sp³-hybridized carbons (Fsp3) is 0.533. The molecule has 2 N–H and O–H groups in total. The molecule has 0 aromatic heterocycles. The van der Waals surface area contributed by atoms with Gasteiger partial charge in [0.15, 0.2) is 9.84 Å². The first-order chi connectivity index (χ1) is 9.80. The summed E-state index contributed by atoms with van der Waals surface area (Å²) in [4.78, 5) is 11.9. The van der Waals surface area contributed by atoms with Crippen molar-refractivity contribution < 1.29 is 13.2 Å². The largest absolute Gasteiger partial charge is 0.384 e. The van der Waals surface area contributed by atoms with E-state index < -0.39 is 15.4 Å². The van der Waals surface area contributed by atoms with Crippen molar-refractivity contribution in [2.24, 2.45) is 0 Å². The van der Waals surface area contributed by atoms with Crippen molar-refractivity contribution in [3.63, 3.8) is 0 Å². The molecule has 0 spiro atoms. The SMILES string of the molecule is Cc1ccccc1NCCC(=O)NC1(C)CCS(=O)(=O)C1. The Hall–Kier alpha value is -1.56. The van der Waals surface area contributed by atoms with Gasteiger partial charge < -0.3 is 10.6 Å². The van der Waals surface area contributed by atoms with Crippen molar-refractivity contribution >= 4 is 21.4 Å². The van der Waals surface area contributed by atoms with Gasteiger partial charge in [-0.3, -0.25) is 4.79 Å². The van der Waals surface area contributed by atoms with Gasteiger partial charge in [-0.25, -0.2) is 8.42 Å². The molecule has 1 amide bonds. The van der Waals surface area contributed by atoms with Gasteiger partial charge in [0, 0.05) is 18.7 Å². The van der Waals surface area contributed by atoms with Crippen LogP contribution >= 0.6 is 0 Å². The highest BCUT2D eigenvalue weighted by atomic mass is 32.2. The molecule has 0 radical (unpaired) electrons. The maximum atomic E-state index is 11.9. The highest BCUT2D eigenvalue weighted by Crippen LogP contribution is 2.22. The molecule has 2 rings (SSSR count). The van der Waals surface area contributed by atoms with Gasteiger partial charge in [-0.2, -0.15) is 0 Å². The van der Waals surface area contributed by atoms with Crippen molar-refractivity contribution in [2.75, 3.05) is 23.4 Å². The molecule has 1 unspecified atom stereocenters. The van der Waals surface area contributed by atoms with E-state index in [1.807, 2.05) is 31.2 Å². The summed E-state index contributed by atoms with van der Waals surface area (Å²) in [5, 5.41) is 6.07. The van der Waals surface area contributed by atoms with Gasteiger partial charge in [0.1, 0.15) is 0 Å². The van der Waals surface area contributed by atoms with Crippen molar-refractivity contribution in [1.82, 2.24) is 5.32 Å². The minimum Gasteiger partial charge on any atom is -0.384 e.